The highest BCUT2D eigenvalue weighted by Gasteiger charge is 2.15. The van der Waals surface area contributed by atoms with Crippen molar-refractivity contribution in [1.29, 1.82) is 0 Å². The second-order valence-corrected chi connectivity index (χ2v) is 5.47. The summed E-state index contributed by atoms with van der Waals surface area (Å²) < 4.78 is 3.20. The van der Waals surface area contributed by atoms with Gasteiger partial charge >= 0.3 is 6.09 Å². The minimum atomic E-state index is -1.14. The third-order valence-electron chi connectivity index (χ3n) is 3.77. The van der Waals surface area contributed by atoms with Crippen molar-refractivity contribution in [2.75, 3.05) is 10.4 Å². The van der Waals surface area contributed by atoms with Gasteiger partial charge in [-0.1, -0.05) is 0 Å². The number of amides is 1. The third kappa shape index (κ3) is 3.44. The van der Waals surface area contributed by atoms with Crippen LogP contribution in [-0.2, 0) is 0 Å². The largest absolute Gasteiger partial charge is 0.463 e. The van der Waals surface area contributed by atoms with Gasteiger partial charge in [0.15, 0.2) is 0 Å². The highest BCUT2D eigenvalue weighted by molar-refractivity contribution is 5.88. The molecule has 10 nitrogen and oxygen atoms in total. The smallest absolute Gasteiger partial charge is 0.430 e. The van der Waals surface area contributed by atoms with Crippen LogP contribution in [0.2, 0.25) is 0 Å². The maximum Gasteiger partial charge on any atom is 0.430 e. The Hall–Kier alpha value is -4.21. The maximum atomic E-state index is 11.7. The molecule has 10 heteroatoms. The summed E-state index contributed by atoms with van der Waals surface area (Å²) in [6.45, 7) is 0. The summed E-state index contributed by atoms with van der Waals surface area (Å²) in [5.74, 6) is 0. The molecule has 2 N–H and O–H groups in total. The van der Waals surface area contributed by atoms with E-state index in [9.17, 15) is 9.90 Å². The summed E-state index contributed by atoms with van der Waals surface area (Å²) >= 11 is 0. The molecule has 0 aliphatic carbocycles. The zero-order valence-electron chi connectivity index (χ0n) is 13.9. The van der Waals surface area contributed by atoms with E-state index in [1.165, 1.54) is 12.7 Å². The van der Waals surface area contributed by atoms with E-state index < -0.39 is 6.09 Å². The molecular weight excluding hydrogens is 348 g/mol. The van der Waals surface area contributed by atoms with Gasteiger partial charge in [0.25, 0.3) is 0 Å². The lowest BCUT2D eigenvalue weighted by Crippen LogP contribution is -2.34. The number of carboxylic acid groups (broad SMARTS) is 1. The zero-order chi connectivity index (χ0) is 18.6. The van der Waals surface area contributed by atoms with E-state index in [-0.39, 0.29) is 0 Å². The van der Waals surface area contributed by atoms with Gasteiger partial charge in [0, 0.05) is 0 Å². The van der Waals surface area contributed by atoms with Crippen LogP contribution in [0.4, 0.5) is 16.2 Å². The Morgan fingerprint density at radius 1 is 0.852 bits per heavy atom. The Morgan fingerprint density at radius 2 is 1.37 bits per heavy atom. The van der Waals surface area contributed by atoms with Crippen molar-refractivity contribution in [3.05, 3.63) is 73.8 Å². The molecule has 0 saturated heterocycles. The quantitative estimate of drug-likeness (QED) is 0.524. The molecule has 0 bridgehead atoms. The number of anilines is 2. The number of benzene rings is 2. The topological polar surface area (TPSA) is 114 Å². The van der Waals surface area contributed by atoms with Crippen LogP contribution in [0.25, 0.3) is 11.4 Å². The van der Waals surface area contributed by atoms with Crippen LogP contribution in [0, 0.1) is 0 Å². The van der Waals surface area contributed by atoms with E-state index in [0.717, 1.165) is 16.4 Å². The first-order chi connectivity index (χ1) is 13.2. The Labute approximate surface area is 153 Å². The fraction of sp³-hybridized carbons (Fsp3) is 0. The van der Waals surface area contributed by atoms with Crippen molar-refractivity contribution < 1.29 is 9.90 Å². The fourth-order valence-corrected chi connectivity index (χ4v) is 2.48. The average Bonchev–Trinajstić information content (AvgIpc) is 3.40. The number of hydrogen-bond donors (Lipinski definition) is 2. The molecule has 4 aromatic rings. The van der Waals surface area contributed by atoms with Crippen LogP contribution in [0.1, 0.15) is 0 Å². The van der Waals surface area contributed by atoms with E-state index in [1.807, 2.05) is 12.1 Å². The molecule has 134 valence electrons. The normalized spacial score (nSPS) is 10.5. The molecule has 2 aromatic heterocycles. The summed E-state index contributed by atoms with van der Waals surface area (Å²) in [6.07, 6.45) is 4.90. The summed E-state index contributed by atoms with van der Waals surface area (Å²) in [4.78, 5) is 19.5. The number of hydrogen-bond acceptors (Lipinski definition) is 6. The van der Waals surface area contributed by atoms with Gasteiger partial charge in [-0.3, -0.25) is 5.43 Å². The molecule has 0 aliphatic heterocycles. The lowest BCUT2D eigenvalue weighted by atomic mass is 10.2. The Bertz CT molecular complexity index is 1010. The summed E-state index contributed by atoms with van der Waals surface area (Å²) in [5.41, 5.74) is 5.55. The zero-order valence-corrected chi connectivity index (χ0v) is 13.9. The van der Waals surface area contributed by atoms with Crippen molar-refractivity contribution in [2.24, 2.45) is 0 Å². The van der Waals surface area contributed by atoms with Crippen molar-refractivity contribution in [1.82, 2.24) is 29.5 Å². The number of aromatic nitrogens is 6. The van der Waals surface area contributed by atoms with Crippen molar-refractivity contribution in [3.8, 4) is 11.4 Å². The molecule has 0 aliphatic rings. The molecule has 0 atom stereocenters. The van der Waals surface area contributed by atoms with Gasteiger partial charge in [-0.25, -0.2) is 24.1 Å². The van der Waals surface area contributed by atoms with Crippen molar-refractivity contribution in [2.45, 2.75) is 0 Å². The van der Waals surface area contributed by atoms with Crippen molar-refractivity contribution in [3.63, 3.8) is 0 Å². The van der Waals surface area contributed by atoms with Crippen LogP contribution in [0.5, 0.6) is 0 Å². The van der Waals surface area contributed by atoms with Gasteiger partial charge in [0.1, 0.15) is 25.3 Å². The first-order valence-electron chi connectivity index (χ1n) is 7.90. The lowest BCUT2D eigenvalue weighted by Gasteiger charge is -2.21. The predicted octanol–water partition coefficient (Wildman–Crippen LogP) is 2.36. The van der Waals surface area contributed by atoms with Gasteiger partial charge in [0.05, 0.1) is 22.7 Å². The highest BCUT2D eigenvalue weighted by atomic mass is 16.4. The van der Waals surface area contributed by atoms with Crippen molar-refractivity contribution >= 4 is 17.5 Å². The number of rotatable bonds is 5. The molecule has 4 rings (SSSR count). The molecule has 0 radical (unpaired) electrons. The first kappa shape index (κ1) is 16.3. The molecular formula is C17H14N8O2. The first-order valence-corrected chi connectivity index (χ1v) is 7.90. The monoisotopic (exact) mass is 362 g/mol. The Kier molecular flexibility index (Phi) is 4.19. The van der Waals surface area contributed by atoms with Gasteiger partial charge in [0.2, 0.25) is 0 Å². The van der Waals surface area contributed by atoms with E-state index in [4.69, 9.17) is 0 Å². The number of nitrogens with zero attached hydrogens (tertiary/aromatic N) is 7. The number of hydrazine groups is 1. The Balaban J connectivity index is 1.53. The van der Waals surface area contributed by atoms with Gasteiger partial charge < -0.3 is 5.11 Å². The molecule has 0 saturated carbocycles. The second kappa shape index (κ2) is 6.96. The third-order valence-corrected chi connectivity index (χ3v) is 3.77. The summed E-state index contributed by atoms with van der Waals surface area (Å²) in [5, 5.41) is 18.7. The SMILES string of the molecule is O=C(O)N(Nc1ccc(-n2cncn2)cc1)c1ccc(-n2cncn2)cc1. The summed E-state index contributed by atoms with van der Waals surface area (Å²) in [7, 11) is 0. The number of carbonyl (C=O) groups is 1. The molecule has 0 spiro atoms. The molecule has 2 aromatic carbocycles. The molecule has 0 unspecified atom stereocenters. The van der Waals surface area contributed by atoms with Crippen LogP contribution in [0.15, 0.2) is 73.8 Å². The van der Waals surface area contributed by atoms with Gasteiger partial charge in [-0.2, -0.15) is 15.2 Å². The molecule has 0 fully saturated rings. The van der Waals surface area contributed by atoms with E-state index >= 15 is 0 Å². The molecule has 27 heavy (non-hydrogen) atoms. The average molecular weight is 362 g/mol. The lowest BCUT2D eigenvalue weighted by molar-refractivity contribution is 0.203. The van der Waals surface area contributed by atoms with E-state index in [1.54, 1.807) is 58.4 Å². The minimum absolute atomic E-state index is 0.465. The van der Waals surface area contributed by atoms with Gasteiger partial charge in [-0.05, 0) is 48.5 Å². The van der Waals surface area contributed by atoms with Crippen LogP contribution in [-0.4, -0.2) is 40.7 Å². The second-order valence-electron chi connectivity index (χ2n) is 5.47. The van der Waals surface area contributed by atoms with E-state index in [2.05, 4.69) is 25.6 Å². The Morgan fingerprint density at radius 3 is 1.81 bits per heavy atom. The molecule has 1 amide bonds. The van der Waals surface area contributed by atoms with Crippen LogP contribution < -0.4 is 10.4 Å². The van der Waals surface area contributed by atoms with Gasteiger partial charge in [-0.15, -0.1) is 0 Å². The fourth-order valence-electron chi connectivity index (χ4n) is 2.48. The molecule has 2 heterocycles. The van der Waals surface area contributed by atoms with E-state index in [0.29, 0.717) is 11.4 Å². The minimum Gasteiger partial charge on any atom is -0.463 e. The number of nitrogens with one attached hydrogen (secondary N) is 1. The maximum absolute atomic E-state index is 11.7. The van der Waals surface area contributed by atoms with Crippen LogP contribution in [0.3, 0.4) is 0 Å². The summed E-state index contributed by atoms with van der Waals surface area (Å²) in [6, 6.07) is 14.0. The highest BCUT2D eigenvalue weighted by Crippen LogP contribution is 2.20. The standard InChI is InChI=1S/C17H14N8O2/c26-17(27)25(16-7-5-15(6-8-16)24-12-19-10-21-24)22-13-1-3-14(4-2-13)23-11-18-9-20-23/h1-12,22H,(H,26,27). The van der Waals surface area contributed by atoms with Crippen LogP contribution >= 0.6 is 0 Å². The predicted molar refractivity (Wildman–Crippen MR) is 96.8 cm³/mol.